The summed E-state index contributed by atoms with van der Waals surface area (Å²) in [5.74, 6) is 0.703. The second-order valence-corrected chi connectivity index (χ2v) is 15.3. The molecule has 0 spiro atoms. The van der Waals surface area contributed by atoms with Gasteiger partial charge >= 0.3 is 0 Å². The van der Waals surface area contributed by atoms with Gasteiger partial charge < -0.3 is 0 Å². The lowest BCUT2D eigenvalue weighted by Gasteiger charge is -2.12. The molecule has 0 unspecified atom stereocenters. The number of rotatable bonds is 8. The average Bonchev–Trinajstić information content (AvgIpc) is 3.76. The van der Waals surface area contributed by atoms with Gasteiger partial charge in [0.15, 0.2) is 5.82 Å². The fraction of sp³-hybridized carbons (Fsp3) is 0. The maximum absolute atomic E-state index is 5.37. The summed E-state index contributed by atoms with van der Waals surface area (Å²) in [5, 5.41) is 7.69. The summed E-state index contributed by atoms with van der Waals surface area (Å²) in [6.45, 7) is 0. The maximum atomic E-state index is 5.37. The molecule has 4 heteroatoms. The van der Waals surface area contributed by atoms with E-state index in [-0.39, 0.29) is 0 Å². The van der Waals surface area contributed by atoms with Crippen LogP contribution in [0.1, 0.15) is 0 Å². The molecular formula is C57H38N4. The van der Waals surface area contributed by atoms with Crippen molar-refractivity contribution in [3.8, 4) is 89.8 Å². The second-order valence-electron chi connectivity index (χ2n) is 15.3. The third-order valence-corrected chi connectivity index (χ3v) is 11.5. The molecule has 286 valence electrons. The van der Waals surface area contributed by atoms with Crippen LogP contribution in [0.25, 0.3) is 106 Å². The molecule has 0 aliphatic carbocycles. The first-order chi connectivity index (χ1) is 30.2. The van der Waals surface area contributed by atoms with Gasteiger partial charge in [-0.15, -0.1) is 0 Å². The van der Waals surface area contributed by atoms with Gasteiger partial charge in [0.2, 0.25) is 0 Å². The Balaban J connectivity index is 0.965. The number of aromatic nitrogens is 4. The van der Waals surface area contributed by atoms with Crippen molar-refractivity contribution in [3.05, 3.63) is 231 Å². The molecule has 11 aromatic rings. The smallest absolute Gasteiger partial charge is 0.160 e. The largest absolute Gasteiger partial charge is 0.231 e. The first-order valence-corrected chi connectivity index (χ1v) is 20.6. The van der Waals surface area contributed by atoms with Gasteiger partial charge in [0.25, 0.3) is 0 Å². The molecule has 0 radical (unpaired) electrons. The molecule has 0 N–H and O–H groups in total. The highest BCUT2D eigenvalue weighted by atomic mass is 15.2. The standard InChI is InChI=1S/C57H38N4/c1-6-16-42(17-7-1)51-38-52(43-18-8-2-9-19-43)59-57(58-51)47-32-30-40(31-33-47)39-26-28-41(29-27-39)48-34-35-50-49(36-48)37-53(44-20-10-3-11-21-44)61-56(50)54(45-22-12-4-13-23-45)55(60-61)46-24-14-5-15-25-46/h1-38H. The number of pyridine rings is 1. The molecule has 0 saturated heterocycles. The highest BCUT2D eigenvalue weighted by molar-refractivity contribution is 6.09. The third-order valence-electron chi connectivity index (χ3n) is 11.5. The molecule has 61 heavy (non-hydrogen) atoms. The zero-order chi connectivity index (χ0) is 40.5. The molecule has 0 aliphatic rings. The summed E-state index contributed by atoms with van der Waals surface area (Å²) in [5.41, 5.74) is 17.1. The summed E-state index contributed by atoms with van der Waals surface area (Å²) in [7, 11) is 0. The number of nitrogens with zero attached hydrogens (tertiary/aromatic N) is 4. The van der Waals surface area contributed by atoms with Gasteiger partial charge in [-0.3, -0.25) is 0 Å². The SMILES string of the molecule is c1ccc(-c2cc(-c3ccccc3)nc(-c3ccc(-c4ccc(-c5ccc6c(c5)cc(-c5ccccc5)n5nc(-c7ccccc7)c(-c7ccccc7)c65)cc4)cc3)n2)cc1. The van der Waals surface area contributed by atoms with E-state index in [0.717, 1.165) is 100 Å². The Labute approximate surface area is 354 Å². The van der Waals surface area contributed by atoms with Gasteiger partial charge in [-0.1, -0.05) is 212 Å². The second kappa shape index (κ2) is 15.5. The summed E-state index contributed by atoms with van der Waals surface area (Å²) in [4.78, 5) is 10.1. The molecule has 0 atom stereocenters. The summed E-state index contributed by atoms with van der Waals surface area (Å²) in [6, 6.07) is 81.0. The van der Waals surface area contributed by atoms with E-state index in [1.807, 2.05) is 36.4 Å². The lowest BCUT2D eigenvalue weighted by atomic mass is 9.94. The van der Waals surface area contributed by atoms with Crippen LogP contribution < -0.4 is 0 Å². The quantitative estimate of drug-likeness (QED) is 0.154. The van der Waals surface area contributed by atoms with Crippen molar-refractivity contribution >= 4 is 16.3 Å². The molecule has 8 aromatic carbocycles. The number of hydrogen-bond donors (Lipinski definition) is 0. The van der Waals surface area contributed by atoms with Gasteiger partial charge in [-0.2, -0.15) is 5.10 Å². The minimum atomic E-state index is 0.703. The van der Waals surface area contributed by atoms with E-state index in [0.29, 0.717) is 5.82 Å². The Morgan fingerprint density at radius 3 is 1.26 bits per heavy atom. The molecule has 0 aliphatic heterocycles. The van der Waals surface area contributed by atoms with Crippen LogP contribution in [0, 0.1) is 0 Å². The zero-order valence-electron chi connectivity index (χ0n) is 33.2. The molecule has 11 rings (SSSR count). The summed E-state index contributed by atoms with van der Waals surface area (Å²) >= 11 is 0. The van der Waals surface area contributed by atoms with E-state index in [2.05, 4.69) is 199 Å². The van der Waals surface area contributed by atoms with Crippen molar-refractivity contribution in [1.82, 2.24) is 19.6 Å². The van der Waals surface area contributed by atoms with E-state index in [4.69, 9.17) is 15.1 Å². The van der Waals surface area contributed by atoms with Crippen molar-refractivity contribution in [2.24, 2.45) is 0 Å². The molecular weight excluding hydrogens is 741 g/mol. The zero-order valence-corrected chi connectivity index (χ0v) is 33.2. The van der Waals surface area contributed by atoms with Crippen LogP contribution in [-0.2, 0) is 0 Å². The van der Waals surface area contributed by atoms with E-state index in [1.165, 1.54) is 0 Å². The lowest BCUT2D eigenvalue weighted by molar-refractivity contribution is 0.979. The number of fused-ring (bicyclic) bond motifs is 3. The number of hydrogen-bond acceptors (Lipinski definition) is 3. The van der Waals surface area contributed by atoms with Gasteiger partial charge in [-0.25, -0.2) is 14.5 Å². The highest BCUT2D eigenvalue weighted by Crippen LogP contribution is 2.42. The van der Waals surface area contributed by atoms with Crippen LogP contribution in [0.3, 0.4) is 0 Å². The van der Waals surface area contributed by atoms with Crippen LogP contribution >= 0.6 is 0 Å². The van der Waals surface area contributed by atoms with Crippen LogP contribution in [0.15, 0.2) is 231 Å². The van der Waals surface area contributed by atoms with Crippen molar-refractivity contribution in [2.75, 3.05) is 0 Å². The van der Waals surface area contributed by atoms with Gasteiger partial charge in [0, 0.05) is 38.8 Å². The van der Waals surface area contributed by atoms with Gasteiger partial charge in [-0.05, 0) is 51.4 Å². The summed E-state index contributed by atoms with van der Waals surface area (Å²) < 4.78 is 2.15. The molecule has 3 heterocycles. The molecule has 4 nitrogen and oxygen atoms in total. The lowest BCUT2D eigenvalue weighted by Crippen LogP contribution is -1.96. The van der Waals surface area contributed by atoms with Crippen LogP contribution in [0.4, 0.5) is 0 Å². The van der Waals surface area contributed by atoms with Crippen molar-refractivity contribution < 1.29 is 0 Å². The van der Waals surface area contributed by atoms with Gasteiger partial charge in [0.05, 0.1) is 22.6 Å². The predicted molar refractivity (Wildman–Crippen MR) is 252 cm³/mol. The monoisotopic (exact) mass is 778 g/mol. The minimum Gasteiger partial charge on any atom is -0.231 e. The molecule has 0 bridgehead atoms. The van der Waals surface area contributed by atoms with Crippen molar-refractivity contribution in [3.63, 3.8) is 0 Å². The molecule has 0 saturated carbocycles. The Hall–Kier alpha value is -8.21. The minimum absolute atomic E-state index is 0.703. The predicted octanol–water partition coefficient (Wildman–Crippen LogP) is 14.6. The normalized spacial score (nSPS) is 11.3. The van der Waals surface area contributed by atoms with E-state index >= 15 is 0 Å². The van der Waals surface area contributed by atoms with Crippen LogP contribution in [-0.4, -0.2) is 19.6 Å². The Morgan fingerprint density at radius 2 is 0.738 bits per heavy atom. The molecule has 0 fully saturated rings. The van der Waals surface area contributed by atoms with Crippen molar-refractivity contribution in [1.29, 1.82) is 0 Å². The van der Waals surface area contributed by atoms with Crippen LogP contribution in [0.2, 0.25) is 0 Å². The maximum Gasteiger partial charge on any atom is 0.160 e. The number of benzene rings is 8. The first-order valence-electron chi connectivity index (χ1n) is 20.6. The van der Waals surface area contributed by atoms with E-state index in [9.17, 15) is 0 Å². The topological polar surface area (TPSA) is 43.1 Å². The summed E-state index contributed by atoms with van der Waals surface area (Å²) in [6.07, 6.45) is 0. The van der Waals surface area contributed by atoms with Gasteiger partial charge in [0.1, 0.15) is 5.69 Å². The Kier molecular flexibility index (Phi) is 9.14. The van der Waals surface area contributed by atoms with Crippen molar-refractivity contribution in [2.45, 2.75) is 0 Å². The average molecular weight is 779 g/mol. The molecule has 0 amide bonds. The fourth-order valence-corrected chi connectivity index (χ4v) is 8.37. The van der Waals surface area contributed by atoms with E-state index < -0.39 is 0 Å². The Bertz CT molecular complexity index is 3230. The fourth-order valence-electron chi connectivity index (χ4n) is 8.37. The first kappa shape index (κ1) is 35.9. The van der Waals surface area contributed by atoms with E-state index in [1.54, 1.807) is 0 Å². The molecule has 3 aromatic heterocycles. The Morgan fingerprint density at radius 1 is 0.311 bits per heavy atom. The highest BCUT2D eigenvalue weighted by Gasteiger charge is 2.22. The van der Waals surface area contributed by atoms with Crippen LogP contribution in [0.5, 0.6) is 0 Å². The third kappa shape index (κ3) is 6.86.